The Morgan fingerprint density at radius 1 is 0.839 bits per heavy atom. The molecule has 0 saturated heterocycles. The molecule has 0 aliphatic heterocycles. The number of amides is 2. The Kier molecular flexibility index (Phi) is 6.98. The zero-order chi connectivity index (χ0) is 22.4. The maximum atomic E-state index is 12.6. The van der Waals surface area contributed by atoms with Crippen molar-refractivity contribution in [2.45, 2.75) is 9.79 Å². The molecule has 3 aromatic rings. The number of carbonyl (C=O) groups excluding carboxylic acids is 2. The average Bonchev–Trinajstić information content (AvgIpc) is 2.76. The summed E-state index contributed by atoms with van der Waals surface area (Å²) in [6.07, 6.45) is 0. The number of anilines is 2. The summed E-state index contributed by atoms with van der Waals surface area (Å²) in [6.45, 7) is 0. The van der Waals surface area contributed by atoms with E-state index in [1.807, 2.05) is 0 Å². The molecule has 0 spiro atoms. The number of hydrogen-bond acceptors (Lipinski definition) is 5. The smallest absolute Gasteiger partial charge is 0.286 e. The number of rotatable bonds is 6. The number of nitrogens with one attached hydrogen (secondary N) is 2. The van der Waals surface area contributed by atoms with Crippen LogP contribution in [-0.2, 0) is 10.0 Å². The first-order valence-corrected chi connectivity index (χ1v) is 11.5. The Morgan fingerprint density at radius 3 is 2.10 bits per heavy atom. The first-order valence-electron chi connectivity index (χ1n) is 9.24. The summed E-state index contributed by atoms with van der Waals surface area (Å²) in [6, 6.07) is 21.1. The molecule has 3 rings (SSSR count). The van der Waals surface area contributed by atoms with Crippen molar-refractivity contribution < 1.29 is 18.0 Å². The molecular formula is C22H21N3O4S2. The molecule has 0 saturated carbocycles. The molecule has 0 radical (unpaired) electrons. The van der Waals surface area contributed by atoms with E-state index in [0.717, 1.165) is 11.8 Å². The lowest BCUT2D eigenvalue weighted by molar-refractivity contribution is 0.102. The van der Waals surface area contributed by atoms with Crippen molar-refractivity contribution in [2.75, 3.05) is 24.1 Å². The van der Waals surface area contributed by atoms with E-state index < -0.39 is 10.0 Å². The largest absolute Gasteiger partial charge is 0.339 e. The second-order valence-electron chi connectivity index (χ2n) is 6.71. The zero-order valence-electron chi connectivity index (χ0n) is 16.9. The van der Waals surface area contributed by atoms with Crippen LogP contribution in [-0.4, -0.2) is 38.6 Å². The topological polar surface area (TPSA) is 95.6 Å². The lowest BCUT2D eigenvalue weighted by Crippen LogP contribution is -2.17. The summed E-state index contributed by atoms with van der Waals surface area (Å²) >= 11 is 1.02. The Hall–Kier alpha value is -3.30. The second-order valence-corrected chi connectivity index (χ2v) is 9.38. The monoisotopic (exact) mass is 455 g/mol. The first kappa shape index (κ1) is 22.4. The normalized spacial score (nSPS) is 10.9. The highest BCUT2D eigenvalue weighted by Crippen LogP contribution is 2.29. The number of benzene rings is 3. The highest BCUT2D eigenvalue weighted by Gasteiger charge is 2.15. The first-order chi connectivity index (χ1) is 14.8. The molecule has 0 aromatic heterocycles. The molecule has 2 N–H and O–H groups in total. The summed E-state index contributed by atoms with van der Waals surface area (Å²) in [5, 5.41) is 2.64. The molecule has 0 heterocycles. The summed E-state index contributed by atoms with van der Waals surface area (Å²) in [7, 11) is -0.395. The van der Waals surface area contributed by atoms with Gasteiger partial charge in [0, 0.05) is 30.2 Å². The minimum atomic E-state index is -3.71. The van der Waals surface area contributed by atoms with Gasteiger partial charge in [-0.3, -0.25) is 14.3 Å². The van der Waals surface area contributed by atoms with Gasteiger partial charge in [-0.1, -0.05) is 30.3 Å². The van der Waals surface area contributed by atoms with Crippen LogP contribution in [0.3, 0.4) is 0 Å². The molecular weight excluding hydrogens is 434 g/mol. The van der Waals surface area contributed by atoms with Gasteiger partial charge in [-0.15, -0.1) is 0 Å². The van der Waals surface area contributed by atoms with E-state index in [1.54, 1.807) is 56.6 Å². The van der Waals surface area contributed by atoms with Gasteiger partial charge in [-0.2, -0.15) is 0 Å². The van der Waals surface area contributed by atoms with Gasteiger partial charge < -0.3 is 10.2 Å². The standard InChI is InChI=1S/C22H21N3O4S2/c1-25(2)22(27)30-20-11-7-6-10-19(20)23-21(26)16-12-14-17(15-13-16)24-31(28,29)18-8-4-3-5-9-18/h3-15,24H,1-2H3,(H,23,26). The van der Waals surface area contributed by atoms with Gasteiger partial charge in [0.25, 0.3) is 21.2 Å². The number of hydrogen-bond donors (Lipinski definition) is 2. The number of sulfonamides is 1. The van der Waals surface area contributed by atoms with Gasteiger partial charge in [0.15, 0.2) is 0 Å². The Balaban J connectivity index is 1.71. The second kappa shape index (κ2) is 9.67. The SMILES string of the molecule is CN(C)C(=O)Sc1ccccc1NC(=O)c1ccc(NS(=O)(=O)c2ccccc2)cc1. The Bertz CT molecular complexity index is 1180. The van der Waals surface area contributed by atoms with Crippen LogP contribution in [0.4, 0.5) is 16.2 Å². The van der Waals surface area contributed by atoms with E-state index in [-0.39, 0.29) is 16.0 Å². The Morgan fingerprint density at radius 2 is 1.45 bits per heavy atom. The van der Waals surface area contributed by atoms with Crippen LogP contribution in [0.15, 0.2) is 88.7 Å². The van der Waals surface area contributed by atoms with Crippen molar-refractivity contribution in [3.63, 3.8) is 0 Å². The van der Waals surface area contributed by atoms with Gasteiger partial charge >= 0.3 is 0 Å². The van der Waals surface area contributed by atoms with Crippen molar-refractivity contribution in [2.24, 2.45) is 0 Å². The lowest BCUT2D eigenvalue weighted by atomic mass is 10.2. The van der Waals surface area contributed by atoms with Crippen molar-refractivity contribution >= 4 is 44.3 Å². The highest BCUT2D eigenvalue weighted by molar-refractivity contribution is 8.13. The minimum absolute atomic E-state index is 0.151. The van der Waals surface area contributed by atoms with Crippen LogP contribution in [0.1, 0.15) is 10.4 Å². The average molecular weight is 456 g/mol. The number of carbonyl (C=O) groups is 2. The minimum Gasteiger partial charge on any atom is -0.339 e. The fraction of sp³-hybridized carbons (Fsp3) is 0.0909. The van der Waals surface area contributed by atoms with Crippen LogP contribution in [0.5, 0.6) is 0 Å². The van der Waals surface area contributed by atoms with E-state index in [9.17, 15) is 18.0 Å². The molecule has 0 atom stereocenters. The molecule has 9 heteroatoms. The lowest BCUT2D eigenvalue weighted by Gasteiger charge is -2.13. The number of nitrogens with zero attached hydrogens (tertiary/aromatic N) is 1. The Labute approximate surface area is 185 Å². The van der Waals surface area contributed by atoms with E-state index >= 15 is 0 Å². The van der Waals surface area contributed by atoms with Gasteiger partial charge in [0.2, 0.25) is 0 Å². The predicted octanol–water partition coefficient (Wildman–Crippen LogP) is 4.51. The number of para-hydroxylation sites is 1. The van der Waals surface area contributed by atoms with Crippen LogP contribution in [0.25, 0.3) is 0 Å². The van der Waals surface area contributed by atoms with Crippen LogP contribution < -0.4 is 10.0 Å². The van der Waals surface area contributed by atoms with E-state index in [1.165, 1.54) is 41.3 Å². The fourth-order valence-corrected chi connectivity index (χ4v) is 4.37. The summed E-state index contributed by atoms with van der Waals surface area (Å²) in [5.41, 5.74) is 1.20. The highest BCUT2D eigenvalue weighted by atomic mass is 32.2. The van der Waals surface area contributed by atoms with E-state index in [2.05, 4.69) is 10.0 Å². The summed E-state index contributed by atoms with van der Waals surface area (Å²) < 4.78 is 27.3. The zero-order valence-corrected chi connectivity index (χ0v) is 18.5. The fourth-order valence-electron chi connectivity index (χ4n) is 2.54. The van der Waals surface area contributed by atoms with Crippen molar-refractivity contribution in [1.29, 1.82) is 0 Å². The quantitative estimate of drug-likeness (QED) is 0.533. The molecule has 0 bridgehead atoms. The van der Waals surface area contributed by atoms with E-state index in [0.29, 0.717) is 21.8 Å². The molecule has 160 valence electrons. The molecule has 0 unspecified atom stereocenters. The molecule has 0 aliphatic rings. The van der Waals surface area contributed by atoms with Crippen molar-refractivity contribution in [3.8, 4) is 0 Å². The van der Waals surface area contributed by atoms with Gasteiger partial charge in [-0.25, -0.2) is 8.42 Å². The molecule has 0 fully saturated rings. The molecule has 0 aliphatic carbocycles. The third kappa shape index (κ3) is 5.87. The molecule has 2 amide bonds. The van der Waals surface area contributed by atoms with Gasteiger partial charge in [-0.05, 0) is 60.3 Å². The maximum absolute atomic E-state index is 12.6. The van der Waals surface area contributed by atoms with Gasteiger partial charge in [0.1, 0.15) is 0 Å². The van der Waals surface area contributed by atoms with E-state index in [4.69, 9.17) is 0 Å². The molecule has 3 aromatic carbocycles. The summed E-state index contributed by atoms with van der Waals surface area (Å²) in [5.74, 6) is -0.372. The maximum Gasteiger partial charge on any atom is 0.286 e. The summed E-state index contributed by atoms with van der Waals surface area (Å²) in [4.78, 5) is 26.9. The predicted molar refractivity (Wildman–Crippen MR) is 123 cm³/mol. The van der Waals surface area contributed by atoms with Crippen molar-refractivity contribution in [1.82, 2.24) is 4.90 Å². The molecule has 7 nitrogen and oxygen atoms in total. The van der Waals surface area contributed by atoms with Crippen LogP contribution in [0, 0.1) is 0 Å². The third-order valence-corrected chi connectivity index (χ3v) is 6.66. The molecule has 31 heavy (non-hydrogen) atoms. The van der Waals surface area contributed by atoms with Crippen LogP contribution in [0.2, 0.25) is 0 Å². The van der Waals surface area contributed by atoms with Gasteiger partial charge in [0.05, 0.1) is 10.6 Å². The van der Waals surface area contributed by atoms with Crippen LogP contribution >= 0.6 is 11.8 Å². The third-order valence-electron chi connectivity index (χ3n) is 4.15. The van der Waals surface area contributed by atoms with Crippen molar-refractivity contribution in [3.05, 3.63) is 84.4 Å². The number of thioether (sulfide) groups is 1.